The number of methoxy groups -OCH3 is 1. The van der Waals surface area contributed by atoms with Gasteiger partial charge in [0.25, 0.3) is 0 Å². The summed E-state index contributed by atoms with van der Waals surface area (Å²) in [5.41, 5.74) is 1.09. The maximum absolute atomic E-state index is 11.8. The second-order valence-corrected chi connectivity index (χ2v) is 6.50. The van der Waals surface area contributed by atoms with Gasteiger partial charge in [-0.05, 0) is 44.4 Å². The molecule has 0 spiro atoms. The number of Topliss-reactive ketones (excluding diaryl/α,β-unsaturated/α-hetero) is 3. The minimum Gasteiger partial charge on any atom is -0.468 e. The highest BCUT2D eigenvalue weighted by atomic mass is 16.5. The molecule has 5 heteroatoms. The van der Waals surface area contributed by atoms with E-state index in [9.17, 15) is 19.2 Å². The molecule has 0 N–H and O–H groups in total. The van der Waals surface area contributed by atoms with Gasteiger partial charge in [0.1, 0.15) is 17.5 Å². The first kappa shape index (κ1) is 20.8. The summed E-state index contributed by atoms with van der Waals surface area (Å²) in [5.74, 6) is 0.661. The van der Waals surface area contributed by atoms with E-state index in [1.807, 2.05) is 12.8 Å². The number of hydrogen-bond acceptors (Lipinski definition) is 5. The Morgan fingerprint density at radius 3 is 2.56 bits per heavy atom. The molecule has 1 aliphatic carbocycles. The summed E-state index contributed by atoms with van der Waals surface area (Å²) in [6.45, 7) is 1.96. The van der Waals surface area contributed by atoms with Gasteiger partial charge in [0.15, 0.2) is 0 Å². The monoisotopic (exact) mass is 346 g/mol. The molecule has 0 heterocycles. The molecule has 0 aromatic heterocycles. The van der Waals surface area contributed by atoms with Crippen molar-refractivity contribution in [3.63, 3.8) is 0 Å². The second-order valence-electron chi connectivity index (χ2n) is 6.50. The molecular weight excluding hydrogens is 320 g/mol. The highest BCUT2D eigenvalue weighted by molar-refractivity contribution is 6.00. The average molecular weight is 346 g/mol. The van der Waals surface area contributed by atoms with Crippen LogP contribution in [0, 0.1) is 24.2 Å². The maximum atomic E-state index is 11.8. The van der Waals surface area contributed by atoms with Crippen LogP contribution in [0.4, 0.5) is 0 Å². The van der Waals surface area contributed by atoms with Crippen molar-refractivity contribution in [3.8, 4) is 12.3 Å². The predicted molar refractivity (Wildman–Crippen MR) is 93.5 cm³/mol. The number of ketones is 3. The molecule has 0 bridgehead atoms. The van der Waals surface area contributed by atoms with E-state index in [1.165, 1.54) is 7.11 Å². The standard InChI is InChI=1S/C20H26O5/c1-4-16(21)11-12-17(22)10-8-14(2)6-5-7-15-9-13-18(23)19(15)20(24)25-3/h1,6,15,19H,5,7-13H2,2-3H3/b14-6+/t15-,19+/m1/s1. The highest BCUT2D eigenvalue weighted by Crippen LogP contribution is 2.33. The fourth-order valence-electron chi connectivity index (χ4n) is 3.11. The minimum absolute atomic E-state index is 0.0235. The van der Waals surface area contributed by atoms with E-state index >= 15 is 0 Å². The number of carbonyl (C=O) groups excluding carboxylic acids is 4. The van der Waals surface area contributed by atoms with Gasteiger partial charge >= 0.3 is 5.97 Å². The third kappa shape index (κ3) is 7.04. The first-order chi connectivity index (χ1) is 11.9. The number of terminal acetylenes is 1. The Labute approximate surface area is 149 Å². The first-order valence-electron chi connectivity index (χ1n) is 8.66. The molecule has 5 nitrogen and oxygen atoms in total. The molecular formula is C20H26O5. The summed E-state index contributed by atoms with van der Waals surface area (Å²) in [5, 5.41) is 0. The van der Waals surface area contributed by atoms with E-state index in [0.717, 1.165) is 24.8 Å². The second kappa shape index (κ2) is 10.6. The quantitative estimate of drug-likeness (QED) is 0.200. The summed E-state index contributed by atoms with van der Waals surface area (Å²) in [6.07, 6.45) is 11.1. The molecule has 0 saturated heterocycles. The maximum Gasteiger partial charge on any atom is 0.316 e. The van der Waals surface area contributed by atoms with Crippen LogP contribution in [0.5, 0.6) is 0 Å². The predicted octanol–water partition coefficient (Wildman–Crippen LogP) is 2.81. The van der Waals surface area contributed by atoms with Crippen LogP contribution in [0.15, 0.2) is 11.6 Å². The molecule has 0 radical (unpaired) electrons. The summed E-state index contributed by atoms with van der Waals surface area (Å²) >= 11 is 0. The Hall–Kier alpha value is -2.22. The lowest BCUT2D eigenvalue weighted by atomic mass is 9.90. The molecule has 0 aromatic rings. The molecule has 1 saturated carbocycles. The van der Waals surface area contributed by atoms with E-state index in [0.29, 0.717) is 19.3 Å². The minimum atomic E-state index is -0.617. The van der Waals surface area contributed by atoms with Crippen molar-refractivity contribution < 1.29 is 23.9 Å². The van der Waals surface area contributed by atoms with Gasteiger partial charge in [0.2, 0.25) is 5.78 Å². The number of hydrogen-bond donors (Lipinski definition) is 0. The highest BCUT2D eigenvalue weighted by Gasteiger charge is 2.40. The van der Waals surface area contributed by atoms with Crippen LogP contribution in [0.2, 0.25) is 0 Å². The number of rotatable bonds is 10. The van der Waals surface area contributed by atoms with Crippen molar-refractivity contribution in [1.29, 1.82) is 0 Å². The fourth-order valence-corrected chi connectivity index (χ4v) is 3.11. The molecule has 136 valence electrons. The summed E-state index contributed by atoms with van der Waals surface area (Å²) < 4.78 is 4.73. The zero-order chi connectivity index (χ0) is 18.8. The molecule has 1 aliphatic rings. The Morgan fingerprint density at radius 2 is 1.92 bits per heavy atom. The molecule has 0 amide bonds. The van der Waals surface area contributed by atoms with Crippen molar-refractivity contribution in [2.45, 2.75) is 58.3 Å². The number of carbonyl (C=O) groups is 4. The van der Waals surface area contributed by atoms with Gasteiger partial charge in [-0.1, -0.05) is 11.6 Å². The lowest BCUT2D eigenvalue weighted by Crippen LogP contribution is -2.26. The van der Waals surface area contributed by atoms with Crippen molar-refractivity contribution >= 4 is 23.3 Å². The van der Waals surface area contributed by atoms with Crippen LogP contribution < -0.4 is 0 Å². The van der Waals surface area contributed by atoms with Gasteiger partial charge in [-0.2, -0.15) is 0 Å². The Morgan fingerprint density at radius 1 is 1.24 bits per heavy atom. The van der Waals surface area contributed by atoms with Crippen LogP contribution in [0.1, 0.15) is 58.3 Å². The molecule has 2 atom stereocenters. The average Bonchev–Trinajstić information content (AvgIpc) is 2.97. The van der Waals surface area contributed by atoms with Crippen LogP contribution in [0.25, 0.3) is 0 Å². The Kier molecular flexibility index (Phi) is 8.83. The van der Waals surface area contributed by atoms with E-state index in [1.54, 1.807) is 0 Å². The SMILES string of the molecule is C#CC(=O)CCC(=O)CC/C(C)=C/CC[C@@H]1CCC(=O)[C@H]1C(=O)OC. The van der Waals surface area contributed by atoms with Gasteiger partial charge in [-0.15, -0.1) is 6.42 Å². The Bertz CT molecular complexity index is 594. The van der Waals surface area contributed by atoms with Crippen LogP contribution in [-0.2, 0) is 23.9 Å². The summed E-state index contributed by atoms with van der Waals surface area (Å²) in [6, 6.07) is 0. The van der Waals surface area contributed by atoms with Gasteiger partial charge in [0.05, 0.1) is 7.11 Å². The third-order valence-electron chi connectivity index (χ3n) is 4.66. The van der Waals surface area contributed by atoms with E-state index in [4.69, 9.17) is 11.2 Å². The van der Waals surface area contributed by atoms with Crippen LogP contribution in [0.3, 0.4) is 0 Å². The third-order valence-corrected chi connectivity index (χ3v) is 4.66. The van der Waals surface area contributed by atoms with Crippen molar-refractivity contribution in [3.05, 3.63) is 11.6 Å². The van der Waals surface area contributed by atoms with Gasteiger partial charge < -0.3 is 4.74 Å². The summed E-state index contributed by atoms with van der Waals surface area (Å²) in [4.78, 5) is 46.2. The normalized spacial score (nSPS) is 20.2. The molecule has 1 rings (SSSR count). The zero-order valence-corrected chi connectivity index (χ0v) is 15.0. The van der Waals surface area contributed by atoms with Crippen LogP contribution >= 0.6 is 0 Å². The van der Waals surface area contributed by atoms with E-state index in [-0.39, 0.29) is 36.1 Å². The van der Waals surface area contributed by atoms with Gasteiger partial charge in [-0.3, -0.25) is 19.2 Å². The lowest BCUT2D eigenvalue weighted by Gasteiger charge is -2.15. The lowest BCUT2D eigenvalue weighted by molar-refractivity contribution is -0.149. The zero-order valence-electron chi connectivity index (χ0n) is 15.0. The molecule has 0 aromatic carbocycles. The molecule has 0 unspecified atom stereocenters. The Balaban J connectivity index is 2.34. The van der Waals surface area contributed by atoms with Crippen molar-refractivity contribution in [1.82, 2.24) is 0 Å². The fraction of sp³-hybridized carbons (Fsp3) is 0.600. The van der Waals surface area contributed by atoms with E-state index < -0.39 is 11.9 Å². The first-order valence-corrected chi connectivity index (χ1v) is 8.66. The molecule has 25 heavy (non-hydrogen) atoms. The topological polar surface area (TPSA) is 77.5 Å². The largest absolute Gasteiger partial charge is 0.468 e. The molecule has 0 aliphatic heterocycles. The summed E-state index contributed by atoms with van der Waals surface area (Å²) in [7, 11) is 1.31. The smallest absolute Gasteiger partial charge is 0.316 e. The number of ether oxygens (including phenoxy) is 1. The number of esters is 1. The van der Waals surface area contributed by atoms with E-state index in [2.05, 4.69) is 6.08 Å². The van der Waals surface area contributed by atoms with Crippen LogP contribution in [-0.4, -0.2) is 30.4 Å². The molecule has 1 fully saturated rings. The van der Waals surface area contributed by atoms with Crippen molar-refractivity contribution in [2.75, 3.05) is 7.11 Å². The van der Waals surface area contributed by atoms with Gasteiger partial charge in [0, 0.05) is 25.7 Å². The van der Waals surface area contributed by atoms with Crippen molar-refractivity contribution in [2.24, 2.45) is 11.8 Å². The van der Waals surface area contributed by atoms with Gasteiger partial charge in [-0.25, -0.2) is 0 Å². The number of allylic oxidation sites excluding steroid dienone is 2.